The van der Waals surface area contributed by atoms with Gasteiger partial charge in [-0.25, -0.2) is 4.98 Å². The van der Waals surface area contributed by atoms with Crippen molar-refractivity contribution < 1.29 is 14.6 Å². The number of fused-ring (bicyclic) bond motifs is 1. The summed E-state index contributed by atoms with van der Waals surface area (Å²) in [6.07, 6.45) is 6.11. The Labute approximate surface area is 220 Å². The van der Waals surface area contributed by atoms with Crippen LogP contribution in [0.1, 0.15) is 71.8 Å². The molecule has 0 aliphatic heterocycles. The van der Waals surface area contributed by atoms with Crippen molar-refractivity contribution in [3.05, 3.63) is 48.5 Å². The second kappa shape index (κ2) is 11.5. The van der Waals surface area contributed by atoms with Gasteiger partial charge in [0.25, 0.3) is 0 Å². The predicted octanol–water partition coefficient (Wildman–Crippen LogP) is 6.18. The highest BCUT2D eigenvalue weighted by atomic mass is 16.5. The average molecular weight is 507 g/mol. The van der Waals surface area contributed by atoms with E-state index in [0.717, 1.165) is 54.6 Å². The Morgan fingerprint density at radius 3 is 2.59 bits per heavy atom. The fourth-order valence-corrected chi connectivity index (χ4v) is 5.75. The minimum atomic E-state index is 0.00863. The van der Waals surface area contributed by atoms with E-state index in [4.69, 9.17) is 10.5 Å². The minimum absolute atomic E-state index is 0.00863. The van der Waals surface area contributed by atoms with Crippen molar-refractivity contribution in [2.45, 2.75) is 77.8 Å². The minimum Gasteiger partial charge on any atom is -0.457 e. The molecule has 1 fully saturated rings. The van der Waals surface area contributed by atoms with Gasteiger partial charge in [0.05, 0.1) is 11.0 Å². The molecular formula is C30H42N4O3. The summed E-state index contributed by atoms with van der Waals surface area (Å²) in [5, 5.41) is 9.84. The van der Waals surface area contributed by atoms with Crippen molar-refractivity contribution in [2.75, 3.05) is 19.4 Å². The first-order valence-corrected chi connectivity index (χ1v) is 13.5. The van der Waals surface area contributed by atoms with Gasteiger partial charge in [-0.3, -0.25) is 4.79 Å². The number of amides is 1. The van der Waals surface area contributed by atoms with Crippen molar-refractivity contribution in [3.8, 4) is 11.5 Å². The third-order valence-corrected chi connectivity index (χ3v) is 7.57. The molecule has 37 heavy (non-hydrogen) atoms. The molecule has 1 aliphatic rings. The van der Waals surface area contributed by atoms with Crippen molar-refractivity contribution in [2.24, 2.45) is 11.3 Å². The van der Waals surface area contributed by atoms with Gasteiger partial charge in [-0.15, -0.1) is 0 Å². The van der Waals surface area contributed by atoms with Gasteiger partial charge >= 0.3 is 0 Å². The van der Waals surface area contributed by atoms with Gasteiger partial charge in [0.1, 0.15) is 11.5 Å². The molecule has 0 radical (unpaired) electrons. The lowest BCUT2D eigenvalue weighted by molar-refractivity contribution is -0.134. The summed E-state index contributed by atoms with van der Waals surface area (Å²) < 4.78 is 8.17. The standard InChI is InChI=1S/C30H42N4O3/c1-30(2,3)19-22(14-17-28(36)33(4)26-13-9-8-10-21(26)20-35)34-27-18-24(15-16-25(27)32-29(34)31)37-23-11-6-5-7-12-23/h5-7,11-12,15-16,18,21-22,26,35H,8-10,13-14,17,19-20H2,1-4H3,(H2,31,32). The monoisotopic (exact) mass is 506 g/mol. The molecule has 0 bridgehead atoms. The van der Waals surface area contributed by atoms with Crippen LogP contribution in [0, 0.1) is 11.3 Å². The average Bonchev–Trinajstić information content (AvgIpc) is 3.20. The third-order valence-electron chi connectivity index (χ3n) is 7.57. The Kier molecular flexibility index (Phi) is 8.42. The molecule has 7 heteroatoms. The molecule has 0 saturated heterocycles. The number of aromatic nitrogens is 2. The summed E-state index contributed by atoms with van der Waals surface area (Å²) in [7, 11) is 1.90. The molecule has 3 N–H and O–H groups in total. The Morgan fingerprint density at radius 2 is 1.89 bits per heavy atom. The van der Waals surface area contributed by atoms with Crippen molar-refractivity contribution in [1.82, 2.24) is 14.5 Å². The number of nitrogen functional groups attached to an aromatic ring is 1. The second-order valence-electron chi connectivity index (χ2n) is 11.7. The zero-order valence-electron chi connectivity index (χ0n) is 22.7. The summed E-state index contributed by atoms with van der Waals surface area (Å²) in [6.45, 7) is 6.77. The van der Waals surface area contributed by atoms with Crippen LogP contribution in [0.2, 0.25) is 0 Å². The van der Waals surface area contributed by atoms with E-state index in [1.54, 1.807) is 0 Å². The molecular weight excluding hydrogens is 464 g/mol. The largest absolute Gasteiger partial charge is 0.457 e. The summed E-state index contributed by atoms with van der Waals surface area (Å²) in [4.78, 5) is 19.8. The summed E-state index contributed by atoms with van der Waals surface area (Å²) >= 11 is 0. The number of carbonyl (C=O) groups excluding carboxylic acids is 1. The molecule has 1 saturated carbocycles. The van der Waals surface area contributed by atoms with Gasteiger partial charge in [-0.2, -0.15) is 0 Å². The number of hydrogen-bond acceptors (Lipinski definition) is 5. The lowest BCUT2D eigenvalue weighted by atomic mass is 9.83. The fourth-order valence-electron chi connectivity index (χ4n) is 5.75. The summed E-state index contributed by atoms with van der Waals surface area (Å²) in [5.41, 5.74) is 8.24. The molecule has 1 amide bonds. The van der Waals surface area contributed by atoms with E-state index in [2.05, 4.69) is 30.3 Å². The summed E-state index contributed by atoms with van der Waals surface area (Å²) in [5.74, 6) is 2.24. The molecule has 1 aromatic heterocycles. The zero-order valence-corrected chi connectivity index (χ0v) is 22.7. The normalized spacial score (nSPS) is 19.1. The van der Waals surface area contributed by atoms with E-state index < -0.39 is 0 Å². The first kappa shape index (κ1) is 27.0. The quantitative estimate of drug-likeness (QED) is 0.362. The number of rotatable bonds is 9. The molecule has 1 heterocycles. The smallest absolute Gasteiger partial charge is 0.222 e. The van der Waals surface area contributed by atoms with Crippen LogP contribution in [-0.4, -0.2) is 45.2 Å². The maximum Gasteiger partial charge on any atom is 0.222 e. The van der Waals surface area contributed by atoms with Gasteiger partial charge in [0.2, 0.25) is 11.9 Å². The SMILES string of the molecule is CN(C(=O)CCC(CC(C)(C)C)n1c(N)nc2ccc(Oc3ccccc3)cc21)C1CCCCC1CO. The highest BCUT2D eigenvalue weighted by molar-refractivity contribution is 5.80. The Hall–Kier alpha value is -3.06. The van der Waals surface area contributed by atoms with Crippen LogP contribution in [0.15, 0.2) is 48.5 Å². The van der Waals surface area contributed by atoms with E-state index in [9.17, 15) is 9.90 Å². The molecule has 2 aromatic carbocycles. The molecule has 3 aromatic rings. The van der Waals surface area contributed by atoms with Gasteiger partial charge in [0, 0.05) is 44.1 Å². The molecule has 1 aliphatic carbocycles. The predicted molar refractivity (Wildman–Crippen MR) is 149 cm³/mol. The number of aliphatic hydroxyl groups is 1. The maximum absolute atomic E-state index is 13.3. The van der Waals surface area contributed by atoms with Crippen LogP contribution < -0.4 is 10.5 Å². The fraction of sp³-hybridized carbons (Fsp3) is 0.533. The number of hydrogen-bond donors (Lipinski definition) is 2. The van der Waals surface area contributed by atoms with E-state index >= 15 is 0 Å². The highest BCUT2D eigenvalue weighted by Crippen LogP contribution is 2.37. The summed E-state index contributed by atoms with van der Waals surface area (Å²) in [6, 6.07) is 15.7. The van der Waals surface area contributed by atoms with Crippen LogP contribution in [0.3, 0.4) is 0 Å². The first-order chi connectivity index (χ1) is 17.7. The van der Waals surface area contributed by atoms with Crippen molar-refractivity contribution >= 4 is 22.9 Å². The first-order valence-electron chi connectivity index (χ1n) is 13.5. The Morgan fingerprint density at radius 1 is 1.16 bits per heavy atom. The number of nitrogens with zero attached hydrogens (tertiary/aromatic N) is 3. The number of anilines is 1. The van der Waals surface area contributed by atoms with Gasteiger partial charge in [-0.1, -0.05) is 51.8 Å². The number of imidazole rings is 1. The molecule has 3 atom stereocenters. The maximum atomic E-state index is 13.3. The number of para-hydroxylation sites is 1. The second-order valence-corrected chi connectivity index (χ2v) is 11.7. The number of benzene rings is 2. The number of nitrogens with two attached hydrogens (primary N) is 1. The van der Waals surface area contributed by atoms with Crippen LogP contribution in [0.25, 0.3) is 11.0 Å². The van der Waals surface area contributed by atoms with Gasteiger partial charge < -0.3 is 25.0 Å². The lowest BCUT2D eigenvalue weighted by Gasteiger charge is -2.37. The molecule has 0 spiro atoms. The Balaban J connectivity index is 1.57. The van der Waals surface area contributed by atoms with Crippen molar-refractivity contribution in [3.63, 3.8) is 0 Å². The lowest BCUT2D eigenvalue weighted by Crippen LogP contribution is -2.44. The molecule has 3 unspecified atom stereocenters. The van der Waals surface area contributed by atoms with Gasteiger partial charge in [-0.05, 0) is 55.4 Å². The van der Waals surface area contributed by atoms with Crippen LogP contribution >= 0.6 is 0 Å². The topological polar surface area (TPSA) is 93.6 Å². The third kappa shape index (κ3) is 6.63. The van der Waals surface area contributed by atoms with Crippen molar-refractivity contribution in [1.29, 1.82) is 0 Å². The number of ether oxygens (including phenoxy) is 1. The zero-order chi connectivity index (χ0) is 26.6. The van der Waals surface area contributed by atoms with E-state index in [0.29, 0.717) is 18.8 Å². The number of carbonyl (C=O) groups is 1. The van der Waals surface area contributed by atoms with Crippen LogP contribution in [0.4, 0.5) is 5.95 Å². The van der Waals surface area contributed by atoms with Crippen LogP contribution in [0.5, 0.6) is 11.5 Å². The van der Waals surface area contributed by atoms with Gasteiger partial charge in [0.15, 0.2) is 0 Å². The molecule has 4 rings (SSSR count). The number of aliphatic hydroxyl groups excluding tert-OH is 1. The van der Waals surface area contributed by atoms with E-state index in [1.165, 1.54) is 0 Å². The molecule has 7 nitrogen and oxygen atoms in total. The van der Waals surface area contributed by atoms with Crippen LogP contribution in [-0.2, 0) is 4.79 Å². The molecule has 200 valence electrons. The Bertz CT molecular complexity index is 1180. The van der Waals surface area contributed by atoms with E-state index in [1.807, 2.05) is 60.5 Å². The highest BCUT2D eigenvalue weighted by Gasteiger charge is 2.31. The van der Waals surface area contributed by atoms with E-state index in [-0.39, 0.29) is 35.9 Å².